The number of rotatable bonds is 4. The van der Waals surface area contributed by atoms with Crippen LogP contribution in [0.2, 0.25) is 0 Å². The quantitative estimate of drug-likeness (QED) is 0.545. The molecule has 26 heavy (non-hydrogen) atoms. The molecular formula is C16H25N5O4S. The molecule has 0 spiro atoms. The summed E-state index contributed by atoms with van der Waals surface area (Å²) in [6.45, 7) is 5.12. The van der Waals surface area contributed by atoms with E-state index in [-0.39, 0.29) is 10.6 Å². The number of anilines is 1. The van der Waals surface area contributed by atoms with Gasteiger partial charge in [-0.3, -0.25) is 10.1 Å². The number of nitro benzene ring substituents is 1. The molecule has 2 heterocycles. The number of hydrogen-bond acceptors (Lipinski definition) is 7. The average molecular weight is 383 g/mol. The van der Waals surface area contributed by atoms with Gasteiger partial charge in [-0.25, -0.2) is 8.42 Å². The van der Waals surface area contributed by atoms with Crippen LogP contribution in [0.5, 0.6) is 0 Å². The molecule has 0 bridgehead atoms. The molecule has 2 saturated heterocycles. The first-order valence-electron chi connectivity index (χ1n) is 8.69. The van der Waals surface area contributed by atoms with Crippen molar-refractivity contribution < 1.29 is 13.3 Å². The molecule has 0 amide bonds. The summed E-state index contributed by atoms with van der Waals surface area (Å²) in [6.07, 6.45) is 0. The van der Waals surface area contributed by atoms with Gasteiger partial charge in [-0.15, -0.1) is 0 Å². The zero-order chi connectivity index (χ0) is 18.9. The second-order valence-corrected chi connectivity index (χ2v) is 8.81. The molecule has 3 rings (SSSR count). The Morgan fingerprint density at radius 1 is 0.923 bits per heavy atom. The van der Waals surface area contributed by atoms with Crippen LogP contribution < -0.4 is 4.90 Å². The van der Waals surface area contributed by atoms with E-state index in [1.54, 1.807) is 6.07 Å². The predicted molar refractivity (Wildman–Crippen MR) is 99.1 cm³/mol. The van der Waals surface area contributed by atoms with Gasteiger partial charge in [0, 0.05) is 64.5 Å². The number of nitrogens with zero attached hydrogens (tertiary/aromatic N) is 5. The molecule has 9 nitrogen and oxygen atoms in total. The minimum Gasteiger partial charge on any atom is -0.368 e. The smallest absolute Gasteiger partial charge is 0.270 e. The summed E-state index contributed by atoms with van der Waals surface area (Å²) in [5.74, 6) is 0. The number of benzene rings is 1. The van der Waals surface area contributed by atoms with Crippen molar-refractivity contribution in [3.8, 4) is 0 Å². The molecular weight excluding hydrogens is 358 g/mol. The fourth-order valence-electron chi connectivity index (χ4n) is 3.30. The second-order valence-electron chi connectivity index (χ2n) is 6.91. The lowest BCUT2D eigenvalue weighted by atomic mass is 10.2. The van der Waals surface area contributed by atoms with E-state index in [1.807, 2.05) is 19.0 Å². The summed E-state index contributed by atoms with van der Waals surface area (Å²) in [5, 5.41) is 11.2. The van der Waals surface area contributed by atoms with Gasteiger partial charge in [-0.1, -0.05) is 0 Å². The third kappa shape index (κ3) is 3.83. The maximum atomic E-state index is 13.2. The van der Waals surface area contributed by atoms with Gasteiger partial charge in [-0.05, 0) is 20.2 Å². The van der Waals surface area contributed by atoms with Crippen LogP contribution in [0.4, 0.5) is 11.4 Å². The summed E-state index contributed by atoms with van der Waals surface area (Å²) in [7, 11) is 0.186. The minimum absolute atomic E-state index is 0.0424. The molecule has 1 aromatic carbocycles. The molecule has 2 fully saturated rings. The van der Waals surface area contributed by atoms with Crippen LogP contribution in [0.3, 0.4) is 0 Å². The SMILES string of the molecule is CN1CCN(c2ccc([N+](=O)[O-])cc2S(=O)(=O)N2CCN(C)CC2)CC1. The van der Waals surface area contributed by atoms with E-state index in [1.165, 1.54) is 16.4 Å². The average Bonchev–Trinajstić information content (AvgIpc) is 2.62. The van der Waals surface area contributed by atoms with E-state index in [4.69, 9.17) is 0 Å². The number of nitro groups is 1. The Hall–Kier alpha value is -1.75. The van der Waals surface area contributed by atoms with Gasteiger partial charge in [0.25, 0.3) is 5.69 Å². The highest BCUT2D eigenvalue weighted by Crippen LogP contribution is 2.32. The van der Waals surface area contributed by atoms with Crippen LogP contribution in [0.15, 0.2) is 23.1 Å². The molecule has 0 radical (unpaired) electrons. The maximum Gasteiger partial charge on any atom is 0.270 e. The van der Waals surface area contributed by atoms with E-state index in [0.717, 1.165) is 13.1 Å². The fraction of sp³-hybridized carbons (Fsp3) is 0.625. The van der Waals surface area contributed by atoms with Crippen molar-refractivity contribution in [1.82, 2.24) is 14.1 Å². The summed E-state index contributed by atoms with van der Waals surface area (Å²) in [4.78, 5) is 17.0. The number of piperazine rings is 2. The van der Waals surface area contributed by atoms with Gasteiger partial charge >= 0.3 is 0 Å². The molecule has 2 aliphatic rings. The first kappa shape index (κ1) is 19.0. The molecule has 0 atom stereocenters. The van der Waals surface area contributed by atoms with E-state index in [0.29, 0.717) is 45.0 Å². The molecule has 0 aliphatic carbocycles. The zero-order valence-electron chi connectivity index (χ0n) is 15.2. The number of non-ortho nitro benzene ring substituents is 1. The van der Waals surface area contributed by atoms with Crippen LogP contribution in [-0.2, 0) is 10.0 Å². The molecule has 10 heteroatoms. The molecule has 2 aliphatic heterocycles. The lowest BCUT2D eigenvalue weighted by molar-refractivity contribution is -0.385. The van der Waals surface area contributed by atoms with Crippen LogP contribution >= 0.6 is 0 Å². The predicted octanol–water partition coefficient (Wildman–Crippen LogP) is 0.283. The zero-order valence-corrected chi connectivity index (χ0v) is 16.0. The summed E-state index contributed by atoms with van der Waals surface area (Å²) in [6, 6.07) is 4.17. The first-order chi connectivity index (χ1) is 12.3. The molecule has 0 saturated carbocycles. The Labute approximate surface area is 154 Å². The monoisotopic (exact) mass is 383 g/mol. The Bertz CT molecular complexity index is 769. The fourth-order valence-corrected chi connectivity index (χ4v) is 4.95. The lowest BCUT2D eigenvalue weighted by Crippen LogP contribution is -2.48. The minimum atomic E-state index is -3.79. The highest BCUT2D eigenvalue weighted by molar-refractivity contribution is 7.89. The van der Waals surface area contributed by atoms with Gasteiger partial charge in [0.15, 0.2) is 0 Å². The van der Waals surface area contributed by atoms with Crippen molar-refractivity contribution in [3.63, 3.8) is 0 Å². The molecule has 1 aromatic rings. The molecule has 0 N–H and O–H groups in total. The van der Waals surface area contributed by atoms with Gasteiger partial charge < -0.3 is 14.7 Å². The van der Waals surface area contributed by atoms with Crippen molar-refractivity contribution in [2.45, 2.75) is 4.90 Å². The number of likely N-dealkylation sites (N-methyl/N-ethyl adjacent to an activating group) is 2. The maximum absolute atomic E-state index is 13.2. The van der Waals surface area contributed by atoms with Crippen molar-refractivity contribution in [2.24, 2.45) is 0 Å². The Morgan fingerprint density at radius 3 is 2.00 bits per heavy atom. The third-order valence-corrected chi connectivity index (χ3v) is 7.01. The van der Waals surface area contributed by atoms with Crippen LogP contribution in [0.1, 0.15) is 0 Å². The largest absolute Gasteiger partial charge is 0.368 e. The molecule has 144 valence electrons. The van der Waals surface area contributed by atoms with Crippen LogP contribution in [0.25, 0.3) is 0 Å². The van der Waals surface area contributed by atoms with E-state index in [2.05, 4.69) is 9.80 Å². The van der Waals surface area contributed by atoms with Crippen molar-refractivity contribution in [1.29, 1.82) is 0 Å². The standard InChI is InChI=1S/C16H25N5O4S/c1-17-5-9-19(10-6-17)15-4-3-14(21(22)23)13-16(15)26(24,25)20-11-7-18(2)8-12-20/h3-4,13H,5-12H2,1-2H3. The molecule has 0 aromatic heterocycles. The van der Waals surface area contributed by atoms with Crippen molar-refractivity contribution >= 4 is 21.4 Å². The summed E-state index contributed by atoms with van der Waals surface area (Å²) >= 11 is 0. The van der Waals surface area contributed by atoms with Crippen molar-refractivity contribution in [2.75, 3.05) is 71.4 Å². The van der Waals surface area contributed by atoms with Crippen LogP contribution in [0, 0.1) is 10.1 Å². The van der Waals surface area contributed by atoms with Gasteiger partial charge in [0.05, 0.1) is 10.6 Å². The Morgan fingerprint density at radius 2 is 1.46 bits per heavy atom. The van der Waals surface area contributed by atoms with Gasteiger partial charge in [0.1, 0.15) is 4.90 Å². The van der Waals surface area contributed by atoms with Crippen LogP contribution in [-0.4, -0.2) is 93.9 Å². The topological polar surface area (TPSA) is 90.2 Å². The molecule has 0 unspecified atom stereocenters. The Kier molecular flexibility index (Phi) is 5.47. The lowest BCUT2D eigenvalue weighted by Gasteiger charge is -2.36. The number of hydrogen-bond donors (Lipinski definition) is 0. The van der Waals surface area contributed by atoms with E-state index in [9.17, 15) is 18.5 Å². The van der Waals surface area contributed by atoms with Crippen molar-refractivity contribution in [3.05, 3.63) is 28.3 Å². The highest BCUT2D eigenvalue weighted by atomic mass is 32.2. The van der Waals surface area contributed by atoms with E-state index < -0.39 is 14.9 Å². The highest BCUT2D eigenvalue weighted by Gasteiger charge is 2.32. The first-order valence-corrected chi connectivity index (χ1v) is 10.1. The normalized spacial score (nSPS) is 21.1. The summed E-state index contributed by atoms with van der Waals surface area (Å²) < 4.78 is 27.9. The van der Waals surface area contributed by atoms with E-state index >= 15 is 0 Å². The Balaban J connectivity index is 1.99. The summed E-state index contributed by atoms with van der Waals surface area (Å²) in [5.41, 5.74) is 0.359. The second kappa shape index (κ2) is 7.47. The third-order valence-electron chi connectivity index (χ3n) is 5.08. The number of sulfonamides is 1. The van der Waals surface area contributed by atoms with Gasteiger partial charge in [-0.2, -0.15) is 4.31 Å². The van der Waals surface area contributed by atoms with Gasteiger partial charge in [0.2, 0.25) is 10.0 Å².